The lowest BCUT2D eigenvalue weighted by atomic mass is 10.1. The van der Waals surface area contributed by atoms with Gasteiger partial charge in [0, 0.05) is 27.2 Å². The zero-order valence-electron chi connectivity index (χ0n) is 12.7. The summed E-state index contributed by atoms with van der Waals surface area (Å²) in [5.74, 6) is 0.0705. The summed E-state index contributed by atoms with van der Waals surface area (Å²) in [6.07, 6.45) is 0. The first kappa shape index (κ1) is 16.8. The molecular weight excluding hydrogens is 274 g/mol. The molecule has 0 saturated carbocycles. The van der Waals surface area contributed by atoms with Crippen LogP contribution in [0.5, 0.6) is 0 Å². The van der Waals surface area contributed by atoms with Gasteiger partial charge in [0.15, 0.2) is 0 Å². The van der Waals surface area contributed by atoms with Crippen LogP contribution >= 0.6 is 11.6 Å². The maximum absolute atomic E-state index is 11.9. The molecule has 0 unspecified atom stereocenters. The summed E-state index contributed by atoms with van der Waals surface area (Å²) in [6.45, 7) is 6.82. The van der Waals surface area contributed by atoms with Gasteiger partial charge in [-0.3, -0.25) is 4.79 Å². The maximum atomic E-state index is 11.9. The standard InChI is InChI=1S/C15H24ClN3O/c1-5-17-10-12-8-7-9-13(16)15(12)19(6-2)11-14(20)18(3)4/h7-9,17H,5-6,10-11H2,1-4H3. The molecule has 0 aromatic heterocycles. The summed E-state index contributed by atoms with van der Waals surface area (Å²) < 4.78 is 0. The smallest absolute Gasteiger partial charge is 0.241 e. The first-order valence-electron chi connectivity index (χ1n) is 6.94. The summed E-state index contributed by atoms with van der Waals surface area (Å²) in [4.78, 5) is 15.6. The van der Waals surface area contributed by atoms with Crippen molar-refractivity contribution in [3.63, 3.8) is 0 Å². The van der Waals surface area contributed by atoms with Crippen LogP contribution in [0.1, 0.15) is 19.4 Å². The predicted molar refractivity (Wildman–Crippen MR) is 85.4 cm³/mol. The van der Waals surface area contributed by atoms with Gasteiger partial charge in [-0.1, -0.05) is 30.7 Å². The fourth-order valence-corrected chi connectivity index (χ4v) is 2.28. The molecule has 0 aliphatic heterocycles. The van der Waals surface area contributed by atoms with Gasteiger partial charge in [-0.2, -0.15) is 0 Å². The molecule has 0 heterocycles. The molecule has 0 spiro atoms. The summed E-state index contributed by atoms with van der Waals surface area (Å²) in [7, 11) is 3.53. The van der Waals surface area contributed by atoms with Crippen LogP contribution in [0.4, 0.5) is 5.69 Å². The van der Waals surface area contributed by atoms with E-state index in [4.69, 9.17) is 11.6 Å². The normalized spacial score (nSPS) is 10.4. The monoisotopic (exact) mass is 297 g/mol. The highest BCUT2D eigenvalue weighted by Crippen LogP contribution is 2.30. The number of para-hydroxylation sites is 1. The summed E-state index contributed by atoms with van der Waals surface area (Å²) in [5.41, 5.74) is 2.07. The second-order valence-corrected chi connectivity index (χ2v) is 5.24. The molecule has 112 valence electrons. The van der Waals surface area contributed by atoms with Crippen molar-refractivity contribution in [2.75, 3.05) is 38.6 Å². The molecule has 0 aliphatic rings. The van der Waals surface area contributed by atoms with Gasteiger partial charge in [0.2, 0.25) is 5.91 Å². The molecular formula is C15H24ClN3O. The Hall–Kier alpha value is -1.26. The zero-order chi connectivity index (χ0) is 15.1. The van der Waals surface area contributed by atoms with E-state index in [0.29, 0.717) is 11.6 Å². The Morgan fingerprint density at radius 1 is 1.30 bits per heavy atom. The van der Waals surface area contributed by atoms with Gasteiger partial charge in [0.05, 0.1) is 17.3 Å². The minimum absolute atomic E-state index is 0.0705. The number of likely N-dealkylation sites (N-methyl/N-ethyl adjacent to an activating group) is 2. The fraction of sp³-hybridized carbons (Fsp3) is 0.533. The molecule has 0 radical (unpaired) electrons. The predicted octanol–water partition coefficient (Wildman–Crippen LogP) is 2.36. The Morgan fingerprint density at radius 3 is 2.55 bits per heavy atom. The lowest BCUT2D eigenvalue weighted by Gasteiger charge is -2.27. The largest absolute Gasteiger partial charge is 0.361 e. The van der Waals surface area contributed by atoms with Crippen LogP contribution in [0.2, 0.25) is 5.02 Å². The lowest BCUT2D eigenvalue weighted by molar-refractivity contribution is -0.127. The van der Waals surface area contributed by atoms with E-state index >= 15 is 0 Å². The van der Waals surface area contributed by atoms with E-state index in [0.717, 1.165) is 30.9 Å². The number of rotatable bonds is 7. The van der Waals surface area contributed by atoms with Crippen molar-refractivity contribution in [3.05, 3.63) is 28.8 Å². The lowest BCUT2D eigenvalue weighted by Crippen LogP contribution is -2.37. The second kappa shape index (κ2) is 8.12. The maximum Gasteiger partial charge on any atom is 0.241 e. The van der Waals surface area contributed by atoms with Crippen LogP contribution in [-0.4, -0.2) is 44.5 Å². The SMILES string of the molecule is CCNCc1cccc(Cl)c1N(CC)CC(=O)N(C)C. The van der Waals surface area contributed by atoms with Crippen molar-refractivity contribution in [1.82, 2.24) is 10.2 Å². The van der Waals surface area contributed by atoms with E-state index in [-0.39, 0.29) is 5.91 Å². The second-order valence-electron chi connectivity index (χ2n) is 4.83. The van der Waals surface area contributed by atoms with Crippen molar-refractivity contribution in [1.29, 1.82) is 0 Å². The van der Waals surface area contributed by atoms with Crippen molar-refractivity contribution < 1.29 is 4.79 Å². The molecule has 1 rings (SSSR count). The molecule has 4 nitrogen and oxygen atoms in total. The topological polar surface area (TPSA) is 35.6 Å². The quantitative estimate of drug-likeness (QED) is 0.839. The third kappa shape index (κ3) is 4.39. The van der Waals surface area contributed by atoms with Crippen molar-refractivity contribution in [3.8, 4) is 0 Å². The number of anilines is 1. The van der Waals surface area contributed by atoms with Crippen LogP contribution < -0.4 is 10.2 Å². The Labute approximate surface area is 126 Å². The first-order chi connectivity index (χ1) is 9.51. The molecule has 1 N–H and O–H groups in total. The Morgan fingerprint density at radius 2 is 2.00 bits per heavy atom. The Balaban J connectivity index is 3.03. The molecule has 0 atom stereocenters. The van der Waals surface area contributed by atoms with Gasteiger partial charge < -0.3 is 15.1 Å². The van der Waals surface area contributed by atoms with E-state index in [2.05, 4.69) is 12.2 Å². The third-order valence-corrected chi connectivity index (χ3v) is 3.46. The molecule has 0 aliphatic carbocycles. The van der Waals surface area contributed by atoms with E-state index in [1.54, 1.807) is 19.0 Å². The highest BCUT2D eigenvalue weighted by atomic mass is 35.5. The van der Waals surface area contributed by atoms with E-state index < -0.39 is 0 Å². The van der Waals surface area contributed by atoms with Gasteiger partial charge in [-0.05, 0) is 25.1 Å². The van der Waals surface area contributed by atoms with E-state index in [9.17, 15) is 4.79 Å². The number of amides is 1. The highest BCUT2D eigenvalue weighted by molar-refractivity contribution is 6.33. The molecule has 20 heavy (non-hydrogen) atoms. The van der Waals surface area contributed by atoms with Crippen LogP contribution in [0.25, 0.3) is 0 Å². The molecule has 1 aromatic carbocycles. The Kier molecular flexibility index (Phi) is 6.82. The van der Waals surface area contributed by atoms with E-state index in [1.165, 1.54) is 0 Å². The van der Waals surface area contributed by atoms with Gasteiger partial charge in [0.25, 0.3) is 0 Å². The molecule has 0 saturated heterocycles. The zero-order valence-corrected chi connectivity index (χ0v) is 13.5. The number of nitrogens with one attached hydrogen (secondary N) is 1. The molecule has 0 fully saturated rings. The summed E-state index contributed by atoms with van der Waals surface area (Å²) in [5, 5.41) is 4.00. The summed E-state index contributed by atoms with van der Waals surface area (Å²) >= 11 is 6.35. The van der Waals surface area contributed by atoms with Crippen LogP contribution in [0.3, 0.4) is 0 Å². The first-order valence-corrected chi connectivity index (χ1v) is 7.32. The van der Waals surface area contributed by atoms with Gasteiger partial charge in [-0.15, -0.1) is 0 Å². The average Bonchev–Trinajstić information content (AvgIpc) is 2.42. The van der Waals surface area contributed by atoms with Crippen molar-refractivity contribution in [2.45, 2.75) is 20.4 Å². The molecule has 0 bridgehead atoms. The molecule has 1 aromatic rings. The van der Waals surface area contributed by atoms with Crippen LogP contribution in [-0.2, 0) is 11.3 Å². The molecule has 1 amide bonds. The average molecular weight is 298 g/mol. The Bertz CT molecular complexity index is 449. The minimum Gasteiger partial charge on any atom is -0.361 e. The number of carbonyl (C=O) groups excluding carboxylic acids is 1. The van der Waals surface area contributed by atoms with Crippen molar-refractivity contribution in [2.24, 2.45) is 0 Å². The minimum atomic E-state index is 0.0705. The number of hydrogen-bond donors (Lipinski definition) is 1. The van der Waals surface area contributed by atoms with Gasteiger partial charge in [-0.25, -0.2) is 0 Å². The fourth-order valence-electron chi connectivity index (χ4n) is 1.97. The van der Waals surface area contributed by atoms with Crippen LogP contribution in [0, 0.1) is 0 Å². The third-order valence-electron chi connectivity index (χ3n) is 3.16. The number of nitrogens with zero attached hydrogens (tertiary/aromatic N) is 2. The molecule has 5 heteroatoms. The van der Waals surface area contributed by atoms with Gasteiger partial charge in [0.1, 0.15) is 0 Å². The van der Waals surface area contributed by atoms with Crippen molar-refractivity contribution >= 4 is 23.2 Å². The van der Waals surface area contributed by atoms with Gasteiger partial charge >= 0.3 is 0 Å². The summed E-state index contributed by atoms with van der Waals surface area (Å²) in [6, 6.07) is 5.86. The number of carbonyl (C=O) groups is 1. The van der Waals surface area contributed by atoms with E-state index in [1.807, 2.05) is 30.0 Å². The number of halogens is 1. The van der Waals surface area contributed by atoms with Crippen LogP contribution in [0.15, 0.2) is 18.2 Å². The highest BCUT2D eigenvalue weighted by Gasteiger charge is 2.17. The number of benzene rings is 1. The number of hydrogen-bond acceptors (Lipinski definition) is 3.